The van der Waals surface area contributed by atoms with E-state index in [1.54, 1.807) is 47.3 Å². The van der Waals surface area contributed by atoms with Gasteiger partial charge in [-0.3, -0.25) is 9.48 Å². The molecule has 1 N–H and O–H groups in total. The van der Waals surface area contributed by atoms with E-state index >= 15 is 0 Å². The van der Waals surface area contributed by atoms with Crippen LogP contribution in [0.25, 0.3) is 0 Å². The average Bonchev–Trinajstić information content (AvgIpc) is 3.43. The van der Waals surface area contributed by atoms with Gasteiger partial charge in [0, 0.05) is 24.0 Å². The number of hydrogen-bond acceptors (Lipinski definition) is 4. The van der Waals surface area contributed by atoms with Gasteiger partial charge in [0.05, 0.1) is 16.3 Å². The maximum atomic E-state index is 13.0. The summed E-state index contributed by atoms with van der Waals surface area (Å²) in [5, 5.41) is 7.15. The van der Waals surface area contributed by atoms with Gasteiger partial charge in [0.15, 0.2) is 0 Å². The Labute approximate surface area is 170 Å². The van der Waals surface area contributed by atoms with Crippen LogP contribution in [0.4, 0.5) is 0 Å². The number of carbonyl (C=O) groups excluding carboxylic acids is 1. The summed E-state index contributed by atoms with van der Waals surface area (Å²) in [5.74, 6) is -0.219. The van der Waals surface area contributed by atoms with Gasteiger partial charge in [-0.1, -0.05) is 31.0 Å². The highest BCUT2D eigenvalue weighted by Crippen LogP contribution is 2.23. The van der Waals surface area contributed by atoms with E-state index < -0.39 is 9.84 Å². The van der Waals surface area contributed by atoms with Crippen molar-refractivity contribution in [2.24, 2.45) is 0 Å². The molecule has 0 radical (unpaired) electrons. The smallest absolute Gasteiger partial charge is 0.251 e. The molecule has 0 spiro atoms. The number of rotatable bonds is 6. The van der Waals surface area contributed by atoms with E-state index in [0.717, 1.165) is 31.2 Å². The third-order valence-corrected chi connectivity index (χ3v) is 7.00. The maximum absolute atomic E-state index is 13.0. The first-order valence-electron chi connectivity index (χ1n) is 9.75. The number of nitrogens with zero attached hydrogens (tertiary/aromatic N) is 2. The van der Waals surface area contributed by atoms with Gasteiger partial charge in [-0.15, -0.1) is 0 Å². The molecule has 150 valence electrons. The normalized spacial score (nSPS) is 14.8. The van der Waals surface area contributed by atoms with Gasteiger partial charge in [0.25, 0.3) is 5.91 Å². The fraction of sp³-hybridized carbons (Fsp3) is 0.273. The lowest BCUT2D eigenvalue weighted by Gasteiger charge is -2.13. The second-order valence-electron chi connectivity index (χ2n) is 7.33. The van der Waals surface area contributed by atoms with Crippen molar-refractivity contribution in [3.8, 4) is 0 Å². The highest BCUT2D eigenvalue weighted by molar-refractivity contribution is 7.91. The van der Waals surface area contributed by atoms with Gasteiger partial charge in [-0.2, -0.15) is 5.10 Å². The average molecular weight is 410 g/mol. The Morgan fingerprint density at radius 1 is 1.03 bits per heavy atom. The number of nitrogens with one attached hydrogen (secondary N) is 1. The zero-order valence-corrected chi connectivity index (χ0v) is 16.8. The first-order valence-corrected chi connectivity index (χ1v) is 11.2. The molecule has 1 aliphatic rings. The Kier molecular flexibility index (Phi) is 5.49. The monoisotopic (exact) mass is 409 g/mol. The second kappa shape index (κ2) is 8.21. The van der Waals surface area contributed by atoms with Gasteiger partial charge < -0.3 is 5.32 Å². The zero-order chi connectivity index (χ0) is 20.3. The van der Waals surface area contributed by atoms with Crippen LogP contribution in [-0.2, 0) is 16.4 Å². The van der Waals surface area contributed by atoms with Gasteiger partial charge in [0.1, 0.15) is 0 Å². The Hall–Kier alpha value is -2.93. The molecule has 0 saturated heterocycles. The molecule has 7 heteroatoms. The molecule has 1 fully saturated rings. The third kappa shape index (κ3) is 4.40. The molecule has 4 rings (SSSR count). The minimum absolute atomic E-state index is 0.122. The van der Waals surface area contributed by atoms with E-state index in [1.807, 2.05) is 12.3 Å². The van der Waals surface area contributed by atoms with Crippen LogP contribution < -0.4 is 5.32 Å². The largest absolute Gasteiger partial charge is 0.349 e. The van der Waals surface area contributed by atoms with Crippen LogP contribution in [0, 0.1) is 0 Å². The minimum Gasteiger partial charge on any atom is -0.349 e. The Morgan fingerprint density at radius 3 is 2.48 bits per heavy atom. The fourth-order valence-corrected chi connectivity index (χ4v) is 4.94. The summed E-state index contributed by atoms with van der Waals surface area (Å²) >= 11 is 0. The lowest BCUT2D eigenvalue weighted by Crippen LogP contribution is -2.32. The lowest BCUT2D eigenvalue weighted by atomic mass is 10.2. The summed E-state index contributed by atoms with van der Waals surface area (Å²) in [4.78, 5) is 12.8. The quantitative estimate of drug-likeness (QED) is 0.676. The van der Waals surface area contributed by atoms with Crippen molar-refractivity contribution in [1.82, 2.24) is 15.1 Å². The van der Waals surface area contributed by atoms with Crippen LogP contribution in [-0.4, -0.2) is 30.1 Å². The van der Waals surface area contributed by atoms with Crippen molar-refractivity contribution < 1.29 is 13.2 Å². The number of sulfone groups is 1. The molecule has 3 aromatic rings. The maximum Gasteiger partial charge on any atom is 0.251 e. The van der Waals surface area contributed by atoms with Crippen molar-refractivity contribution in [3.63, 3.8) is 0 Å². The Bertz CT molecular complexity index is 1080. The number of aromatic nitrogens is 2. The summed E-state index contributed by atoms with van der Waals surface area (Å²) in [6.45, 7) is 0.574. The van der Waals surface area contributed by atoms with E-state index in [4.69, 9.17) is 0 Å². The van der Waals surface area contributed by atoms with Gasteiger partial charge in [-0.25, -0.2) is 8.42 Å². The zero-order valence-electron chi connectivity index (χ0n) is 16.0. The van der Waals surface area contributed by atoms with Crippen molar-refractivity contribution >= 4 is 15.7 Å². The van der Waals surface area contributed by atoms with Gasteiger partial charge in [-0.05, 0) is 54.8 Å². The van der Waals surface area contributed by atoms with E-state index in [2.05, 4.69) is 10.4 Å². The van der Waals surface area contributed by atoms with E-state index in [-0.39, 0.29) is 21.7 Å². The first kappa shape index (κ1) is 19.4. The highest BCUT2D eigenvalue weighted by atomic mass is 32.2. The first-order chi connectivity index (χ1) is 14.0. The Morgan fingerprint density at radius 2 is 1.79 bits per heavy atom. The molecule has 1 amide bonds. The summed E-state index contributed by atoms with van der Waals surface area (Å²) in [7, 11) is -3.70. The standard InChI is InChI=1S/C22H23N3O3S/c26-22(24-19-6-1-2-7-19)18-5-3-8-21(15-18)29(27,28)20-11-9-17(10-12-20)16-25-14-4-13-23-25/h3-5,8-15,19H,1-2,6-7,16H2,(H,24,26). The molecule has 1 saturated carbocycles. The van der Waals surface area contributed by atoms with Crippen molar-refractivity contribution in [2.45, 2.75) is 48.1 Å². The van der Waals surface area contributed by atoms with Crippen molar-refractivity contribution in [2.75, 3.05) is 0 Å². The summed E-state index contributed by atoms with van der Waals surface area (Å²) in [6, 6.07) is 15.0. The predicted molar refractivity (Wildman–Crippen MR) is 109 cm³/mol. The molecular formula is C22H23N3O3S. The summed E-state index contributed by atoms with van der Waals surface area (Å²) < 4.78 is 27.8. The highest BCUT2D eigenvalue weighted by Gasteiger charge is 2.21. The molecule has 0 bridgehead atoms. The topological polar surface area (TPSA) is 81.1 Å². The van der Waals surface area contributed by atoms with Crippen LogP contribution in [0.3, 0.4) is 0 Å². The van der Waals surface area contributed by atoms with Crippen LogP contribution in [0.2, 0.25) is 0 Å². The molecule has 2 aromatic carbocycles. The van der Waals surface area contributed by atoms with Gasteiger partial charge >= 0.3 is 0 Å². The molecule has 29 heavy (non-hydrogen) atoms. The van der Waals surface area contributed by atoms with Crippen LogP contribution >= 0.6 is 0 Å². The molecule has 0 unspecified atom stereocenters. The molecule has 6 nitrogen and oxygen atoms in total. The van der Waals surface area contributed by atoms with Crippen LogP contribution in [0.15, 0.2) is 76.8 Å². The molecular weight excluding hydrogens is 386 g/mol. The van der Waals surface area contributed by atoms with Crippen molar-refractivity contribution in [1.29, 1.82) is 0 Å². The number of amides is 1. The molecule has 1 aliphatic carbocycles. The van der Waals surface area contributed by atoms with E-state index in [0.29, 0.717) is 12.1 Å². The minimum atomic E-state index is -3.70. The van der Waals surface area contributed by atoms with Gasteiger partial charge in [0.2, 0.25) is 9.84 Å². The predicted octanol–water partition coefficient (Wildman–Crippen LogP) is 3.44. The third-order valence-electron chi connectivity index (χ3n) is 5.23. The molecule has 1 aromatic heterocycles. The second-order valence-corrected chi connectivity index (χ2v) is 9.28. The van der Waals surface area contributed by atoms with Crippen molar-refractivity contribution in [3.05, 3.63) is 78.1 Å². The number of carbonyl (C=O) groups is 1. The van der Waals surface area contributed by atoms with Crippen LogP contribution in [0.1, 0.15) is 41.6 Å². The van der Waals surface area contributed by atoms with E-state index in [1.165, 1.54) is 12.1 Å². The van der Waals surface area contributed by atoms with E-state index in [9.17, 15) is 13.2 Å². The molecule has 0 atom stereocenters. The summed E-state index contributed by atoms with van der Waals surface area (Å²) in [5.41, 5.74) is 1.32. The number of hydrogen-bond donors (Lipinski definition) is 1. The fourth-order valence-electron chi connectivity index (χ4n) is 3.63. The van der Waals surface area contributed by atoms with Crippen LogP contribution in [0.5, 0.6) is 0 Å². The number of benzene rings is 2. The summed E-state index contributed by atoms with van der Waals surface area (Å²) in [6.07, 6.45) is 7.76. The SMILES string of the molecule is O=C(NC1CCCC1)c1cccc(S(=O)(=O)c2ccc(Cn3cccn3)cc2)c1. The lowest BCUT2D eigenvalue weighted by molar-refractivity contribution is 0.0937. The molecule has 1 heterocycles. The molecule has 0 aliphatic heterocycles. The Balaban J connectivity index is 1.52.